The van der Waals surface area contributed by atoms with Crippen LogP contribution in [0.1, 0.15) is 13.8 Å². The highest BCUT2D eigenvalue weighted by atomic mass is 79.9. The number of benzene rings is 2. The highest BCUT2D eigenvalue weighted by molar-refractivity contribution is 9.10. The standard InChI is InChI=1S/C12H10F2OS.C8H7BrF2O/c1-12(13,14)15-10-6-4-9(5-7-10)11-3-2-8-16-11;1-8(10,11)12-7-4-2-6(9)3-5-7/h2-8H,1H3;2-5H,1H3. The van der Waals surface area contributed by atoms with Crippen LogP contribution in [0.3, 0.4) is 0 Å². The Morgan fingerprint density at radius 3 is 1.61 bits per heavy atom. The molecule has 3 rings (SSSR count). The van der Waals surface area contributed by atoms with Crippen molar-refractivity contribution in [3.05, 3.63) is 70.5 Å². The Hall–Kier alpha value is -2.06. The molecule has 1 heterocycles. The van der Waals surface area contributed by atoms with E-state index in [0.717, 1.165) is 21.8 Å². The van der Waals surface area contributed by atoms with Gasteiger partial charge in [-0.15, -0.1) is 11.3 Å². The van der Waals surface area contributed by atoms with Crippen LogP contribution in [0, 0.1) is 0 Å². The molecule has 0 unspecified atom stereocenters. The molecule has 28 heavy (non-hydrogen) atoms. The Labute approximate surface area is 172 Å². The number of rotatable bonds is 5. The fourth-order valence-corrected chi connectivity index (χ4v) is 3.04. The molecule has 0 saturated carbocycles. The lowest BCUT2D eigenvalue weighted by atomic mass is 10.2. The molecule has 3 aromatic rings. The normalized spacial score (nSPS) is 11.4. The minimum Gasteiger partial charge on any atom is -0.433 e. The molecule has 150 valence electrons. The van der Waals surface area contributed by atoms with Gasteiger partial charge in [-0.05, 0) is 65.5 Å². The Kier molecular flexibility index (Phi) is 7.48. The molecular formula is C20H17BrF4O2S. The molecule has 0 aliphatic rings. The molecule has 0 saturated heterocycles. The van der Waals surface area contributed by atoms with E-state index in [2.05, 4.69) is 25.4 Å². The molecule has 2 aromatic carbocycles. The summed E-state index contributed by atoms with van der Waals surface area (Å²) in [4.78, 5) is 1.11. The van der Waals surface area contributed by atoms with Crippen LogP contribution in [0.5, 0.6) is 11.5 Å². The van der Waals surface area contributed by atoms with Crippen molar-refractivity contribution in [1.82, 2.24) is 0 Å². The molecule has 0 aliphatic heterocycles. The number of halogens is 5. The molecule has 0 spiro atoms. The smallest absolute Gasteiger partial charge is 0.394 e. The van der Waals surface area contributed by atoms with Gasteiger partial charge >= 0.3 is 12.2 Å². The first kappa shape index (κ1) is 22.2. The van der Waals surface area contributed by atoms with Crippen molar-refractivity contribution in [2.24, 2.45) is 0 Å². The van der Waals surface area contributed by atoms with Crippen LogP contribution in [0.25, 0.3) is 10.4 Å². The maximum Gasteiger partial charge on any atom is 0.394 e. The van der Waals surface area contributed by atoms with Gasteiger partial charge in [-0.25, -0.2) is 0 Å². The van der Waals surface area contributed by atoms with Crippen molar-refractivity contribution in [2.75, 3.05) is 0 Å². The quantitative estimate of drug-likeness (QED) is 0.349. The van der Waals surface area contributed by atoms with Gasteiger partial charge in [-0.2, -0.15) is 17.6 Å². The van der Waals surface area contributed by atoms with Crippen molar-refractivity contribution in [3.63, 3.8) is 0 Å². The van der Waals surface area contributed by atoms with Gasteiger partial charge < -0.3 is 9.47 Å². The fourth-order valence-electron chi connectivity index (χ4n) is 2.05. The Balaban J connectivity index is 0.000000209. The first-order chi connectivity index (χ1) is 13.0. The zero-order chi connectivity index (χ0) is 20.8. The second-order valence-electron chi connectivity index (χ2n) is 5.78. The summed E-state index contributed by atoms with van der Waals surface area (Å²) >= 11 is 4.79. The second kappa shape index (κ2) is 9.43. The van der Waals surface area contributed by atoms with Crippen LogP contribution in [-0.4, -0.2) is 12.2 Å². The SMILES string of the molecule is CC(F)(F)Oc1ccc(-c2cccs2)cc1.CC(F)(F)Oc1ccc(Br)cc1. The predicted octanol–water partition coefficient (Wildman–Crippen LogP) is 7.85. The molecule has 0 atom stereocenters. The first-order valence-corrected chi connectivity index (χ1v) is 9.72. The van der Waals surface area contributed by atoms with Crippen LogP contribution < -0.4 is 9.47 Å². The van der Waals surface area contributed by atoms with Crippen molar-refractivity contribution >= 4 is 27.3 Å². The van der Waals surface area contributed by atoms with E-state index in [1.807, 2.05) is 17.5 Å². The van der Waals surface area contributed by atoms with Crippen LogP contribution in [0.15, 0.2) is 70.5 Å². The summed E-state index contributed by atoms with van der Waals surface area (Å²) in [6.07, 6.45) is -6.25. The minimum absolute atomic E-state index is 0.158. The number of alkyl halides is 4. The molecule has 0 radical (unpaired) electrons. The van der Waals surface area contributed by atoms with Gasteiger partial charge in [0.2, 0.25) is 0 Å². The van der Waals surface area contributed by atoms with Gasteiger partial charge in [0, 0.05) is 23.2 Å². The molecule has 2 nitrogen and oxygen atoms in total. The van der Waals surface area contributed by atoms with Crippen LogP contribution in [0.2, 0.25) is 0 Å². The summed E-state index contributed by atoms with van der Waals surface area (Å²) in [6, 6.07) is 16.8. The lowest BCUT2D eigenvalue weighted by Crippen LogP contribution is -2.18. The fraction of sp³-hybridized carbons (Fsp3) is 0.200. The van der Waals surface area contributed by atoms with Crippen LogP contribution in [0.4, 0.5) is 17.6 Å². The van der Waals surface area contributed by atoms with Gasteiger partial charge in [0.25, 0.3) is 0 Å². The summed E-state index contributed by atoms with van der Waals surface area (Å²) in [5, 5.41) is 1.97. The third-order valence-corrected chi connectivity index (χ3v) is 4.52. The van der Waals surface area contributed by atoms with Crippen molar-refractivity contribution in [2.45, 2.75) is 26.1 Å². The Morgan fingerprint density at radius 2 is 1.21 bits per heavy atom. The average molecular weight is 477 g/mol. The zero-order valence-electron chi connectivity index (χ0n) is 15.0. The Bertz CT molecular complexity index is 840. The molecule has 8 heteroatoms. The third-order valence-electron chi connectivity index (χ3n) is 3.07. The number of thiophene rings is 1. The largest absolute Gasteiger partial charge is 0.433 e. The van der Waals surface area contributed by atoms with E-state index in [-0.39, 0.29) is 11.5 Å². The maximum absolute atomic E-state index is 12.6. The molecule has 0 fully saturated rings. The van der Waals surface area contributed by atoms with Gasteiger partial charge in [0.05, 0.1) is 0 Å². The second-order valence-corrected chi connectivity index (χ2v) is 7.64. The number of ether oxygens (including phenoxy) is 2. The van der Waals surface area contributed by atoms with E-state index in [0.29, 0.717) is 6.92 Å². The summed E-state index contributed by atoms with van der Waals surface area (Å²) in [5.41, 5.74) is 1.00. The van der Waals surface area contributed by atoms with E-state index in [4.69, 9.17) is 0 Å². The summed E-state index contributed by atoms with van der Waals surface area (Å²) in [6.45, 7) is 1.43. The van der Waals surface area contributed by atoms with E-state index in [9.17, 15) is 17.6 Å². The van der Waals surface area contributed by atoms with Gasteiger partial charge in [-0.1, -0.05) is 22.0 Å². The van der Waals surface area contributed by atoms with Gasteiger partial charge in [0.15, 0.2) is 0 Å². The summed E-state index contributed by atoms with van der Waals surface area (Å²) < 4.78 is 59.2. The highest BCUT2D eigenvalue weighted by Crippen LogP contribution is 2.28. The minimum atomic E-state index is -3.13. The highest BCUT2D eigenvalue weighted by Gasteiger charge is 2.23. The van der Waals surface area contributed by atoms with Crippen molar-refractivity contribution < 1.29 is 27.0 Å². The molecule has 0 N–H and O–H groups in total. The molecular weight excluding hydrogens is 460 g/mol. The van der Waals surface area contributed by atoms with Crippen LogP contribution in [-0.2, 0) is 0 Å². The number of hydrogen-bond acceptors (Lipinski definition) is 3. The van der Waals surface area contributed by atoms with Crippen LogP contribution >= 0.6 is 27.3 Å². The van der Waals surface area contributed by atoms with Gasteiger partial charge in [0.1, 0.15) is 11.5 Å². The predicted molar refractivity (Wildman–Crippen MR) is 106 cm³/mol. The molecule has 0 amide bonds. The zero-order valence-corrected chi connectivity index (χ0v) is 17.4. The van der Waals surface area contributed by atoms with E-state index >= 15 is 0 Å². The first-order valence-electron chi connectivity index (χ1n) is 8.05. The van der Waals surface area contributed by atoms with Gasteiger partial charge in [-0.3, -0.25) is 0 Å². The molecule has 0 aliphatic carbocycles. The average Bonchev–Trinajstić information content (AvgIpc) is 3.10. The summed E-state index contributed by atoms with van der Waals surface area (Å²) in [7, 11) is 0. The Morgan fingerprint density at radius 1 is 0.750 bits per heavy atom. The van der Waals surface area contributed by atoms with E-state index in [1.165, 1.54) is 12.1 Å². The topological polar surface area (TPSA) is 18.5 Å². The monoisotopic (exact) mass is 476 g/mol. The van der Waals surface area contributed by atoms with E-state index < -0.39 is 12.2 Å². The van der Waals surface area contributed by atoms with Crippen molar-refractivity contribution in [1.29, 1.82) is 0 Å². The third kappa shape index (κ3) is 8.31. The van der Waals surface area contributed by atoms with E-state index in [1.54, 1.807) is 47.7 Å². The lowest BCUT2D eigenvalue weighted by Gasteiger charge is -2.12. The number of hydrogen-bond donors (Lipinski definition) is 0. The molecule has 0 bridgehead atoms. The summed E-state index contributed by atoms with van der Waals surface area (Å²) in [5.74, 6) is 0.332. The lowest BCUT2D eigenvalue weighted by molar-refractivity contribution is -0.159. The molecule has 1 aromatic heterocycles. The maximum atomic E-state index is 12.6. The van der Waals surface area contributed by atoms with Crippen molar-refractivity contribution in [3.8, 4) is 21.9 Å².